The summed E-state index contributed by atoms with van der Waals surface area (Å²) in [5.41, 5.74) is 13.6. The van der Waals surface area contributed by atoms with Crippen molar-refractivity contribution in [3.63, 3.8) is 0 Å². The first-order chi connectivity index (χ1) is 32.7. The Morgan fingerprint density at radius 2 is 0.652 bits per heavy atom. The lowest BCUT2D eigenvalue weighted by molar-refractivity contribution is 0.668. The van der Waals surface area contributed by atoms with Gasteiger partial charge in [-0.25, -0.2) is 0 Å². The van der Waals surface area contributed by atoms with E-state index in [1.807, 2.05) is 30.3 Å². The van der Waals surface area contributed by atoms with Gasteiger partial charge in [0, 0.05) is 56.0 Å². The molecule has 6 nitrogen and oxygen atoms in total. The van der Waals surface area contributed by atoms with Crippen molar-refractivity contribution in [1.29, 1.82) is 0 Å². The standard InChI is InChI=1S/C60H39N3O3/c1-5-20-40(21-6-1)61(45-37-51(59-48-30-15-18-34-55(48)65-57(59)39-45)62(41-22-7-2-8-23-41)42-24-9-3-10-25-42)44-36-49-46-28-13-16-32-53(46)66-60(49)52(38-44)63(43-26-11-4-12-27-43)50-31-19-35-56-58(50)47-29-14-17-33-54(47)64-56/h1-39H. The molecule has 10 aromatic carbocycles. The normalized spacial score (nSPS) is 11.6. The highest BCUT2D eigenvalue weighted by atomic mass is 16.3. The monoisotopic (exact) mass is 849 g/mol. The molecule has 0 amide bonds. The van der Waals surface area contributed by atoms with E-state index in [2.05, 4.69) is 221 Å². The van der Waals surface area contributed by atoms with Gasteiger partial charge in [0.1, 0.15) is 27.9 Å². The highest BCUT2D eigenvalue weighted by Crippen LogP contribution is 2.51. The summed E-state index contributed by atoms with van der Waals surface area (Å²) < 4.78 is 20.3. The van der Waals surface area contributed by atoms with Gasteiger partial charge in [-0.2, -0.15) is 0 Å². The number of hydrogen-bond acceptors (Lipinski definition) is 6. The van der Waals surface area contributed by atoms with Crippen molar-refractivity contribution in [1.82, 2.24) is 0 Å². The summed E-state index contributed by atoms with van der Waals surface area (Å²) in [5, 5.41) is 6.15. The van der Waals surface area contributed by atoms with Crippen LogP contribution in [0.4, 0.5) is 51.2 Å². The van der Waals surface area contributed by atoms with E-state index >= 15 is 0 Å². The lowest BCUT2D eigenvalue weighted by Gasteiger charge is -2.31. The molecule has 6 heteroatoms. The average molecular weight is 850 g/mol. The zero-order chi connectivity index (χ0) is 43.6. The number of anilines is 9. The summed E-state index contributed by atoms with van der Waals surface area (Å²) >= 11 is 0. The SMILES string of the molecule is c1ccc(N(c2cc(N(c3ccccc3)c3ccccc3)c3c(c2)oc2ccccc23)c2cc(N(c3ccccc3)c3cccc4oc5ccccc5c34)c3oc4ccccc4c3c2)cc1. The number of benzene rings is 10. The van der Waals surface area contributed by atoms with E-state index in [0.717, 1.165) is 117 Å². The van der Waals surface area contributed by atoms with Crippen LogP contribution < -0.4 is 14.7 Å². The average Bonchev–Trinajstić information content (AvgIpc) is 4.08. The number of nitrogens with zero attached hydrogens (tertiary/aromatic N) is 3. The van der Waals surface area contributed by atoms with Crippen molar-refractivity contribution in [2.45, 2.75) is 0 Å². The Hall–Kier alpha value is -9.00. The summed E-state index contributed by atoms with van der Waals surface area (Å²) in [5.74, 6) is 0. The number of hydrogen-bond donors (Lipinski definition) is 0. The first-order valence-corrected chi connectivity index (χ1v) is 22.2. The lowest BCUT2D eigenvalue weighted by Crippen LogP contribution is -2.15. The molecule has 66 heavy (non-hydrogen) atoms. The fourth-order valence-corrected chi connectivity index (χ4v) is 9.75. The van der Waals surface area contributed by atoms with Crippen LogP contribution in [0, 0.1) is 0 Å². The van der Waals surface area contributed by atoms with Crippen LogP contribution in [-0.4, -0.2) is 0 Å². The Labute approximate surface area is 380 Å². The lowest BCUT2D eigenvalue weighted by atomic mass is 10.0. The summed E-state index contributed by atoms with van der Waals surface area (Å²) in [6.07, 6.45) is 0. The molecule has 0 N–H and O–H groups in total. The molecule has 0 aliphatic carbocycles. The fourth-order valence-electron chi connectivity index (χ4n) is 9.75. The van der Waals surface area contributed by atoms with Crippen molar-refractivity contribution in [2.24, 2.45) is 0 Å². The summed E-state index contributed by atoms with van der Waals surface area (Å²) in [7, 11) is 0. The topological polar surface area (TPSA) is 49.1 Å². The third-order valence-corrected chi connectivity index (χ3v) is 12.6. The third-order valence-electron chi connectivity index (χ3n) is 12.6. The van der Waals surface area contributed by atoms with E-state index in [1.54, 1.807) is 0 Å². The van der Waals surface area contributed by atoms with Gasteiger partial charge < -0.3 is 28.0 Å². The maximum absolute atomic E-state index is 6.97. The Morgan fingerprint density at radius 1 is 0.227 bits per heavy atom. The minimum atomic E-state index is 0.773. The van der Waals surface area contributed by atoms with Crippen molar-refractivity contribution < 1.29 is 13.3 Å². The van der Waals surface area contributed by atoms with E-state index in [-0.39, 0.29) is 0 Å². The molecule has 0 aliphatic rings. The molecule has 13 rings (SSSR count). The Morgan fingerprint density at radius 3 is 1.24 bits per heavy atom. The van der Waals surface area contributed by atoms with Gasteiger partial charge in [-0.1, -0.05) is 133 Å². The number of furan rings is 3. The molecule has 3 aromatic heterocycles. The molecule has 0 spiro atoms. The fraction of sp³-hybridized carbons (Fsp3) is 0. The van der Waals surface area contributed by atoms with E-state index < -0.39 is 0 Å². The zero-order valence-electron chi connectivity index (χ0n) is 35.6. The van der Waals surface area contributed by atoms with Crippen LogP contribution in [0.1, 0.15) is 0 Å². The van der Waals surface area contributed by atoms with Crippen molar-refractivity contribution in [3.8, 4) is 0 Å². The second kappa shape index (κ2) is 15.4. The maximum atomic E-state index is 6.97. The van der Waals surface area contributed by atoms with Gasteiger partial charge in [-0.05, 0) is 97.1 Å². The molecular formula is C60H39N3O3. The molecule has 0 saturated heterocycles. The largest absolute Gasteiger partial charge is 0.456 e. The second-order valence-electron chi connectivity index (χ2n) is 16.5. The van der Waals surface area contributed by atoms with Crippen LogP contribution in [0.25, 0.3) is 65.8 Å². The van der Waals surface area contributed by atoms with Gasteiger partial charge in [0.05, 0.1) is 33.5 Å². The Kier molecular flexibility index (Phi) is 8.74. The maximum Gasteiger partial charge on any atom is 0.159 e. The van der Waals surface area contributed by atoms with Crippen LogP contribution in [0.5, 0.6) is 0 Å². The summed E-state index contributed by atoms with van der Waals surface area (Å²) in [6, 6.07) is 82.5. The Balaban J connectivity index is 1.13. The van der Waals surface area contributed by atoms with Gasteiger partial charge in [0.15, 0.2) is 5.58 Å². The molecule has 0 saturated carbocycles. The highest BCUT2D eigenvalue weighted by molar-refractivity contribution is 6.18. The van der Waals surface area contributed by atoms with Crippen molar-refractivity contribution in [3.05, 3.63) is 237 Å². The smallest absolute Gasteiger partial charge is 0.159 e. The quantitative estimate of drug-likeness (QED) is 0.144. The van der Waals surface area contributed by atoms with Crippen molar-refractivity contribution in [2.75, 3.05) is 14.7 Å². The third kappa shape index (κ3) is 6.11. The van der Waals surface area contributed by atoms with E-state index in [1.165, 1.54) is 0 Å². The Bertz CT molecular complexity index is 3860. The summed E-state index contributed by atoms with van der Waals surface area (Å²) in [6.45, 7) is 0. The molecule has 0 aliphatic heterocycles. The molecule has 312 valence electrons. The molecule has 13 aromatic rings. The van der Waals surface area contributed by atoms with Gasteiger partial charge in [0.2, 0.25) is 0 Å². The second-order valence-corrected chi connectivity index (χ2v) is 16.5. The van der Waals surface area contributed by atoms with E-state index in [4.69, 9.17) is 13.3 Å². The molecule has 0 radical (unpaired) electrons. The van der Waals surface area contributed by atoms with Crippen LogP contribution in [0.2, 0.25) is 0 Å². The molecule has 0 atom stereocenters. The first kappa shape index (κ1) is 37.5. The van der Waals surface area contributed by atoms with Crippen molar-refractivity contribution >= 4 is 117 Å². The molecular weight excluding hydrogens is 811 g/mol. The first-order valence-electron chi connectivity index (χ1n) is 22.2. The number of para-hydroxylation sites is 7. The van der Waals surface area contributed by atoms with Crippen LogP contribution in [0.3, 0.4) is 0 Å². The predicted molar refractivity (Wildman–Crippen MR) is 272 cm³/mol. The highest BCUT2D eigenvalue weighted by Gasteiger charge is 2.28. The van der Waals surface area contributed by atoms with E-state index in [9.17, 15) is 0 Å². The molecule has 0 unspecified atom stereocenters. The molecule has 0 bridgehead atoms. The van der Waals surface area contributed by atoms with Crippen LogP contribution in [0.15, 0.2) is 250 Å². The van der Waals surface area contributed by atoms with Gasteiger partial charge >= 0.3 is 0 Å². The molecule has 0 fully saturated rings. The van der Waals surface area contributed by atoms with E-state index in [0.29, 0.717) is 0 Å². The number of fused-ring (bicyclic) bond motifs is 9. The molecule has 3 heterocycles. The predicted octanol–water partition coefficient (Wildman–Crippen LogP) is 17.8. The number of rotatable bonds is 9. The summed E-state index contributed by atoms with van der Waals surface area (Å²) in [4.78, 5) is 7.00. The van der Waals surface area contributed by atoms with Gasteiger partial charge in [0.25, 0.3) is 0 Å². The minimum Gasteiger partial charge on any atom is -0.456 e. The van der Waals surface area contributed by atoms with Crippen LogP contribution >= 0.6 is 0 Å². The minimum absolute atomic E-state index is 0.773. The van der Waals surface area contributed by atoms with Gasteiger partial charge in [-0.3, -0.25) is 0 Å². The zero-order valence-corrected chi connectivity index (χ0v) is 35.6. The van der Waals surface area contributed by atoms with Gasteiger partial charge in [-0.15, -0.1) is 0 Å². The van der Waals surface area contributed by atoms with Crippen LogP contribution in [-0.2, 0) is 0 Å².